The summed E-state index contributed by atoms with van der Waals surface area (Å²) in [6, 6.07) is 5.19. The summed E-state index contributed by atoms with van der Waals surface area (Å²) < 4.78 is 0. The van der Waals surface area contributed by atoms with Crippen molar-refractivity contribution in [2.45, 2.75) is 49.2 Å². The summed E-state index contributed by atoms with van der Waals surface area (Å²) in [6.45, 7) is 2.69. The Balaban J connectivity index is 1.68. The third-order valence-electron chi connectivity index (χ3n) is 4.27. The van der Waals surface area contributed by atoms with Gasteiger partial charge in [-0.25, -0.2) is 0 Å². The minimum absolute atomic E-state index is 0.0899. The predicted molar refractivity (Wildman–Crippen MR) is 104 cm³/mol. The molecular weight excluding hydrogens is 379 g/mol. The Morgan fingerprint density at radius 1 is 1.16 bits per heavy atom. The number of nitrogens with one attached hydrogen (secondary N) is 2. The zero-order valence-corrected chi connectivity index (χ0v) is 16.6. The fraction of sp³-hybridized carbons (Fsp3) is 0.556. The summed E-state index contributed by atoms with van der Waals surface area (Å²) in [6.07, 6.45) is 5.45. The average molecular weight is 403 g/mol. The van der Waals surface area contributed by atoms with Crippen LogP contribution in [0.15, 0.2) is 23.1 Å². The summed E-state index contributed by atoms with van der Waals surface area (Å²) in [5.74, 6) is 0.166. The second-order valence-corrected chi connectivity index (χ2v) is 8.48. The van der Waals surface area contributed by atoms with E-state index in [2.05, 4.69) is 10.6 Å². The lowest BCUT2D eigenvalue weighted by Gasteiger charge is -2.20. The van der Waals surface area contributed by atoms with Gasteiger partial charge in [-0.2, -0.15) is 0 Å². The molecule has 1 atom stereocenters. The van der Waals surface area contributed by atoms with Crippen molar-refractivity contribution < 1.29 is 9.59 Å². The molecule has 0 saturated heterocycles. The highest BCUT2D eigenvalue weighted by atomic mass is 35.5. The fourth-order valence-electron chi connectivity index (χ4n) is 2.84. The van der Waals surface area contributed by atoms with Crippen LogP contribution >= 0.6 is 35.0 Å². The monoisotopic (exact) mass is 402 g/mol. The molecule has 1 fully saturated rings. The van der Waals surface area contributed by atoms with E-state index in [0.29, 0.717) is 23.1 Å². The number of carbonyl (C=O) groups is 2. The SMILES string of the molecule is CC(Sc1cc(Cl)ccc1Cl)C(=O)NCCNC(=O)C1CCCCC1. The molecule has 0 spiro atoms. The van der Waals surface area contributed by atoms with Crippen molar-refractivity contribution in [1.82, 2.24) is 10.6 Å². The number of carbonyl (C=O) groups excluding carboxylic acids is 2. The lowest BCUT2D eigenvalue weighted by atomic mass is 9.89. The third kappa shape index (κ3) is 6.72. The van der Waals surface area contributed by atoms with E-state index < -0.39 is 0 Å². The maximum Gasteiger partial charge on any atom is 0.233 e. The second-order valence-electron chi connectivity index (χ2n) is 6.25. The van der Waals surface area contributed by atoms with Crippen LogP contribution in [-0.2, 0) is 9.59 Å². The van der Waals surface area contributed by atoms with Gasteiger partial charge in [-0.1, -0.05) is 42.5 Å². The molecule has 1 aromatic carbocycles. The van der Waals surface area contributed by atoms with E-state index in [9.17, 15) is 9.59 Å². The fourth-order valence-corrected chi connectivity index (χ4v) is 4.27. The normalized spacial score (nSPS) is 16.3. The highest BCUT2D eigenvalue weighted by Gasteiger charge is 2.20. The van der Waals surface area contributed by atoms with Gasteiger partial charge in [0.05, 0.1) is 10.3 Å². The van der Waals surface area contributed by atoms with Gasteiger partial charge >= 0.3 is 0 Å². The number of thioether (sulfide) groups is 1. The largest absolute Gasteiger partial charge is 0.354 e. The average Bonchev–Trinajstić information content (AvgIpc) is 2.62. The van der Waals surface area contributed by atoms with Crippen LogP contribution in [0, 0.1) is 5.92 Å². The topological polar surface area (TPSA) is 58.2 Å². The molecule has 1 aliphatic carbocycles. The molecule has 1 unspecified atom stereocenters. The van der Waals surface area contributed by atoms with E-state index in [1.54, 1.807) is 18.2 Å². The minimum Gasteiger partial charge on any atom is -0.354 e. The molecule has 0 bridgehead atoms. The van der Waals surface area contributed by atoms with Crippen LogP contribution in [0.4, 0.5) is 0 Å². The Morgan fingerprint density at radius 3 is 2.56 bits per heavy atom. The third-order valence-corrected chi connectivity index (χ3v) is 6.10. The lowest BCUT2D eigenvalue weighted by Crippen LogP contribution is -2.40. The number of benzene rings is 1. The first kappa shape index (κ1) is 20.4. The minimum atomic E-state index is -0.301. The number of hydrogen-bond acceptors (Lipinski definition) is 3. The van der Waals surface area contributed by atoms with Crippen LogP contribution in [0.25, 0.3) is 0 Å². The summed E-state index contributed by atoms with van der Waals surface area (Å²) in [7, 11) is 0. The van der Waals surface area contributed by atoms with E-state index in [1.807, 2.05) is 6.92 Å². The van der Waals surface area contributed by atoms with Crippen LogP contribution in [0.2, 0.25) is 10.0 Å². The van der Waals surface area contributed by atoms with Crippen molar-refractivity contribution in [1.29, 1.82) is 0 Å². The van der Waals surface area contributed by atoms with Crippen molar-refractivity contribution >= 4 is 46.8 Å². The van der Waals surface area contributed by atoms with Crippen molar-refractivity contribution in [3.05, 3.63) is 28.2 Å². The van der Waals surface area contributed by atoms with Gasteiger partial charge in [0, 0.05) is 28.9 Å². The van der Waals surface area contributed by atoms with Gasteiger partial charge in [0.2, 0.25) is 11.8 Å². The van der Waals surface area contributed by atoms with Gasteiger partial charge in [-0.15, -0.1) is 11.8 Å². The van der Waals surface area contributed by atoms with E-state index in [-0.39, 0.29) is 23.0 Å². The van der Waals surface area contributed by atoms with Crippen molar-refractivity contribution in [3.8, 4) is 0 Å². The second kappa shape index (κ2) is 10.3. The van der Waals surface area contributed by atoms with E-state index >= 15 is 0 Å². The quantitative estimate of drug-likeness (QED) is 0.528. The molecule has 2 N–H and O–H groups in total. The molecule has 0 aromatic heterocycles. The molecule has 1 aliphatic rings. The van der Waals surface area contributed by atoms with Crippen LogP contribution in [0.1, 0.15) is 39.0 Å². The number of halogens is 2. The van der Waals surface area contributed by atoms with E-state index in [1.165, 1.54) is 18.2 Å². The first-order chi connectivity index (χ1) is 12.0. The standard InChI is InChI=1S/C18H24Cl2N2O2S/c1-12(25-16-11-14(19)7-8-15(16)20)17(23)21-9-10-22-18(24)13-5-3-2-4-6-13/h7-8,11-13H,2-6,9-10H2,1H3,(H,21,23)(H,22,24). The zero-order valence-electron chi connectivity index (χ0n) is 14.3. The molecule has 25 heavy (non-hydrogen) atoms. The number of hydrogen-bond donors (Lipinski definition) is 2. The summed E-state index contributed by atoms with van der Waals surface area (Å²) in [4.78, 5) is 25.0. The molecule has 1 aromatic rings. The van der Waals surface area contributed by atoms with Gasteiger partial charge in [-0.05, 0) is 38.0 Å². The van der Waals surface area contributed by atoms with E-state index in [4.69, 9.17) is 23.2 Å². The number of rotatable bonds is 7. The van der Waals surface area contributed by atoms with Crippen LogP contribution in [0.5, 0.6) is 0 Å². The molecule has 4 nitrogen and oxygen atoms in total. The Hall–Kier alpha value is -0.910. The highest BCUT2D eigenvalue weighted by molar-refractivity contribution is 8.00. The predicted octanol–water partition coefficient (Wildman–Crippen LogP) is 4.29. The maximum absolute atomic E-state index is 12.2. The summed E-state index contributed by atoms with van der Waals surface area (Å²) in [5, 5.41) is 6.62. The van der Waals surface area contributed by atoms with Gasteiger partial charge in [0.25, 0.3) is 0 Å². The van der Waals surface area contributed by atoms with Gasteiger partial charge in [0.15, 0.2) is 0 Å². The summed E-state index contributed by atoms with van der Waals surface area (Å²) in [5.41, 5.74) is 0. The molecule has 7 heteroatoms. The van der Waals surface area contributed by atoms with Crippen molar-refractivity contribution in [3.63, 3.8) is 0 Å². The maximum atomic E-state index is 12.2. The van der Waals surface area contributed by atoms with Gasteiger partial charge < -0.3 is 10.6 Å². The van der Waals surface area contributed by atoms with Crippen LogP contribution in [0.3, 0.4) is 0 Å². The van der Waals surface area contributed by atoms with Crippen LogP contribution in [-0.4, -0.2) is 30.2 Å². The highest BCUT2D eigenvalue weighted by Crippen LogP contribution is 2.32. The molecular formula is C18H24Cl2N2O2S. The Labute approximate surface area is 163 Å². The molecule has 0 heterocycles. The molecule has 2 rings (SSSR count). The van der Waals surface area contributed by atoms with Crippen molar-refractivity contribution in [2.24, 2.45) is 5.92 Å². The van der Waals surface area contributed by atoms with E-state index in [0.717, 1.165) is 30.6 Å². The first-order valence-electron chi connectivity index (χ1n) is 8.64. The van der Waals surface area contributed by atoms with Gasteiger partial charge in [0.1, 0.15) is 0 Å². The Morgan fingerprint density at radius 2 is 1.84 bits per heavy atom. The molecule has 2 amide bonds. The van der Waals surface area contributed by atoms with Crippen LogP contribution < -0.4 is 10.6 Å². The molecule has 0 radical (unpaired) electrons. The zero-order chi connectivity index (χ0) is 18.2. The number of amides is 2. The Kier molecular flexibility index (Phi) is 8.40. The lowest BCUT2D eigenvalue weighted by molar-refractivity contribution is -0.126. The first-order valence-corrected chi connectivity index (χ1v) is 10.3. The smallest absolute Gasteiger partial charge is 0.233 e. The Bertz CT molecular complexity index is 607. The van der Waals surface area contributed by atoms with Crippen molar-refractivity contribution in [2.75, 3.05) is 13.1 Å². The van der Waals surface area contributed by atoms with Gasteiger partial charge in [-0.3, -0.25) is 9.59 Å². The molecule has 1 saturated carbocycles. The molecule has 138 valence electrons. The summed E-state index contributed by atoms with van der Waals surface area (Å²) >= 11 is 13.4. The molecule has 0 aliphatic heterocycles.